The van der Waals surface area contributed by atoms with Gasteiger partial charge in [-0.3, -0.25) is 4.79 Å². The molecule has 1 heterocycles. The van der Waals surface area contributed by atoms with Crippen LogP contribution in [0.25, 0.3) is 0 Å². The van der Waals surface area contributed by atoms with E-state index in [2.05, 4.69) is 38.0 Å². The number of nitrogens with zero attached hydrogens (tertiary/aromatic N) is 2. The topological polar surface area (TPSA) is 45.2 Å². The standard InChI is InChI=1S/C16H27N3O/c1-8-13-9-12(10-14(17-6)18-13)15(20)19(7)11(2)16(3,4)5/h9-11H,8H2,1-7H3,(H,17,18). The number of rotatable bonds is 4. The summed E-state index contributed by atoms with van der Waals surface area (Å²) in [7, 11) is 3.68. The lowest BCUT2D eigenvalue weighted by atomic mass is 9.87. The summed E-state index contributed by atoms with van der Waals surface area (Å²) in [5.74, 6) is 0.783. The van der Waals surface area contributed by atoms with Gasteiger partial charge in [0.1, 0.15) is 5.82 Å². The molecule has 0 aromatic carbocycles. The van der Waals surface area contributed by atoms with Crippen molar-refractivity contribution in [3.05, 3.63) is 23.4 Å². The number of amides is 1. The van der Waals surface area contributed by atoms with Crippen molar-refractivity contribution in [3.63, 3.8) is 0 Å². The normalized spacial score (nSPS) is 12.9. The fraction of sp³-hybridized carbons (Fsp3) is 0.625. The minimum atomic E-state index is 0.0426. The van der Waals surface area contributed by atoms with Crippen LogP contribution in [-0.4, -0.2) is 35.9 Å². The van der Waals surface area contributed by atoms with Crippen molar-refractivity contribution in [3.8, 4) is 0 Å². The second kappa shape index (κ2) is 6.25. The molecule has 0 saturated carbocycles. The van der Waals surface area contributed by atoms with Crippen LogP contribution in [0.4, 0.5) is 5.82 Å². The molecule has 1 N–H and O–H groups in total. The van der Waals surface area contributed by atoms with Crippen LogP contribution in [0.5, 0.6) is 0 Å². The summed E-state index contributed by atoms with van der Waals surface area (Å²) in [5, 5.41) is 3.01. The predicted molar refractivity (Wildman–Crippen MR) is 84.2 cm³/mol. The quantitative estimate of drug-likeness (QED) is 0.919. The molecule has 0 fully saturated rings. The summed E-state index contributed by atoms with van der Waals surface area (Å²) in [4.78, 5) is 18.9. The fourth-order valence-electron chi connectivity index (χ4n) is 1.98. The Hall–Kier alpha value is -1.58. The van der Waals surface area contributed by atoms with Crippen LogP contribution in [0.2, 0.25) is 0 Å². The molecule has 0 aliphatic carbocycles. The smallest absolute Gasteiger partial charge is 0.254 e. The maximum atomic E-state index is 12.6. The Labute approximate surface area is 122 Å². The van der Waals surface area contributed by atoms with E-state index in [4.69, 9.17) is 0 Å². The highest BCUT2D eigenvalue weighted by Gasteiger charge is 2.27. The average molecular weight is 277 g/mol. The minimum Gasteiger partial charge on any atom is -0.373 e. The number of hydrogen-bond acceptors (Lipinski definition) is 3. The van der Waals surface area contributed by atoms with E-state index in [0.29, 0.717) is 5.56 Å². The van der Waals surface area contributed by atoms with E-state index >= 15 is 0 Å². The Balaban J connectivity index is 3.08. The molecule has 0 aliphatic heterocycles. The molecule has 1 amide bonds. The Kier molecular flexibility index (Phi) is 5.15. The highest BCUT2D eigenvalue weighted by Crippen LogP contribution is 2.24. The molecule has 1 aromatic rings. The lowest BCUT2D eigenvalue weighted by Crippen LogP contribution is -2.43. The maximum absolute atomic E-state index is 12.6. The first-order chi connectivity index (χ1) is 9.20. The lowest BCUT2D eigenvalue weighted by molar-refractivity contribution is 0.0629. The molecule has 0 aliphatic rings. The first-order valence-electron chi connectivity index (χ1n) is 7.16. The third-order valence-corrected chi connectivity index (χ3v) is 3.90. The SMILES string of the molecule is CCc1cc(C(=O)N(C)C(C)C(C)(C)C)cc(NC)n1. The van der Waals surface area contributed by atoms with Gasteiger partial charge in [0.05, 0.1) is 0 Å². The number of anilines is 1. The highest BCUT2D eigenvalue weighted by molar-refractivity contribution is 5.95. The van der Waals surface area contributed by atoms with Crippen LogP contribution in [0.15, 0.2) is 12.1 Å². The molecule has 0 bridgehead atoms. The van der Waals surface area contributed by atoms with Crippen molar-refractivity contribution in [1.82, 2.24) is 9.88 Å². The zero-order valence-electron chi connectivity index (χ0n) is 13.7. The zero-order chi connectivity index (χ0) is 15.5. The molecule has 0 radical (unpaired) electrons. The number of aromatic nitrogens is 1. The van der Waals surface area contributed by atoms with Crippen LogP contribution in [-0.2, 0) is 6.42 Å². The van der Waals surface area contributed by atoms with Gasteiger partial charge in [0, 0.05) is 31.4 Å². The summed E-state index contributed by atoms with van der Waals surface area (Å²) < 4.78 is 0. The van der Waals surface area contributed by atoms with E-state index in [0.717, 1.165) is 17.9 Å². The van der Waals surface area contributed by atoms with Gasteiger partial charge in [-0.1, -0.05) is 27.7 Å². The Morgan fingerprint density at radius 1 is 1.40 bits per heavy atom. The van der Waals surface area contributed by atoms with Crippen molar-refractivity contribution < 1.29 is 4.79 Å². The van der Waals surface area contributed by atoms with E-state index in [1.54, 1.807) is 0 Å². The maximum Gasteiger partial charge on any atom is 0.254 e. The van der Waals surface area contributed by atoms with Crippen LogP contribution in [0.3, 0.4) is 0 Å². The van der Waals surface area contributed by atoms with Gasteiger partial charge in [-0.15, -0.1) is 0 Å². The van der Waals surface area contributed by atoms with Gasteiger partial charge in [-0.2, -0.15) is 0 Å². The van der Waals surface area contributed by atoms with Gasteiger partial charge < -0.3 is 10.2 Å². The number of nitrogens with one attached hydrogen (secondary N) is 1. The molecule has 1 unspecified atom stereocenters. The van der Waals surface area contributed by atoms with Gasteiger partial charge >= 0.3 is 0 Å². The Morgan fingerprint density at radius 3 is 2.45 bits per heavy atom. The third kappa shape index (κ3) is 3.71. The summed E-state index contributed by atoms with van der Waals surface area (Å²) in [6, 6.07) is 3.86. The minimum absolute atomic E-state index is 0.0426. The van der Waals surface area contributed by atoms with E-state index in [1.165, 1.54) is 0 Å². The van der Waals surface area contributed by atoms with Gasteiger partial charge in [0.15, 0.2) is 0 Å². The third-order valence-electron chi connectivity index (χ3n) is 3.90. The van der Waals surface area contributed by atoms with Crippen LogP contribution in [0, 0.1) is 5.41 Å². The number of hydrogen-bond donors (Lipinski definition) is 1. The molecule has 1 atom stereocenters. The first kappa shape index (κ1) is 16.5. The summed E-state index contributed by atoms with van der Waals surface area (Å²) in [6.07, 6.45) is 0.814. The van der Waals surface area contributed by atoms with Gasteiger partial charge in [-0.25, -0.2) is 4.98 Å². The molecular formula is C16H27N3O. The molecule has 4 nitrogen and oxygen atoms in total. The number of pyridine rings is 1. The van der Waals surface area contributed by atoms with E-state index in [1.807, 2.05) is 38.1 Å². The number of carbonyl (C=O) groups is 1. The summed E-state index contributed by atoms with van der Waals surface area (Å²) >= 11 is 0. The van der Waals surface area contributed by atoms with Crippen LogP contribution < -0.4 is 5.32 Å². The molecule has 1 rings (SSSR count). The fourth-order valence-corrected chi connectivity index (χ4v) is 1.98. The molecule has 0 saturated heterocycles. The van der Waals surface area contributed by atoms with Crippen molar-refractivity contribution >= 4 is 11.7 Å². The van der Waals surface area contributed by atoms with Crippen molar-refractivity contribution in [2.75, 3.05) is 19.4 Å². The Bertz CT molecular complexity index is 455. The number of aryl methyl sites for hydroxylation is 1. The molecule has 112 valence electrons. The summed E-state index contributed by atoms with van der Waals surface area (Å²) in [5.41, 5.74) is 1.67. The first-order valence-corrected chi connectivity index (χ1v) is 7.16. The highest BCUT2D eigenvalue weighted by atomic mass is 16.2. The van der Waals surface area contributed by atoms with E-state index < -0.39 is 0 Å². The van der Waals surface area contributed by atoms with Crippen LogP contribution >= 0.6 is 0 Å². The molecule has 0 spiro atoms. The molecular weight excluding hydrogens is 250 g/mol. The van der Waals surface area contributed by atoms with Crippen LogP contribution in [0.1, 0.15) is 50.7 Å². The van der Waals surface area contributed by atoms with Crippen molar-refractivity contribution in [1.29, 1.82) is 0 Å². The van der Waals surface area contributed by atoms with Crippen molar-refractivity contribution in [2.45, 2.75) is 47.1 Å². The Morgan fingerprint density at radius 2 is 2.00 bits per heavy atom. The molecule has 1 aromatic heterocycles. The van der Waals surface area contributed by atoms with E-state index in [9.17, 15) is 4.79 Å². The molecule has 4 heteroatoms. The lowest BCUT2D eigenvalue weighted by Gasteiger charge is -2.35. The predicted octanol–water partition coefficient (Wildman–Crippen LogP) is 3.19. The van der Waals surface area contributed by atoms with E-state index in [-0.39, 0.29) is 17.4 Å². The number of carbonyl (C=O) groups excluding carboxylic acids is 1. The summed E-state index contributed by atoms with van der Waals surface area (Å²) in [6.45, 7) is 10.6. The van der Waals surface area contributed by atoms with Gasteiger partial charge in [-0.05, 0) is 30.9 Å². The van der Waals surface area contributed by atoms with Gasteiger partial charge in [0.25, 0.3) is 5.91 Å². The zero-order valence-corrected chi connectivity index (χ0v) is 13.7. The monoisotopic (exact) mass is 277 g/mol. The second-order valence-corrected chi connectivity index (χ2v) is 6.29. The average Bonchev–Trinajstić information content (AvgIpc) is 2.43. The second-order valence-electron chi connectivity index (χ2n) is 6.29. The van der Waals surface area contributed by atoms with Crippen molar-refractivity contribution in [2.24, 2.45) is 5.41 Å². The largest absolute Gasteiger partial charge is 0.373 e. The van der Waals surface area contributed by atoms with Gasteiger partial charge in [0.2, 0.25) is 0 Å². The molecule has 20 heavy (non-hydrogen) atoms.